The van der Waals surface area contributed by atoms with Gasteiger partial charge in [-0.2, -0.15) is 0 Å². The standard InChI is InChI=1S/C17H16O5/c1-11-2-7-15(19)14(8-11)17(21)22-10-16(20)13-5-3-12(9-18)4-6-13/h2-8,18-19H,9-10H2,1H3. The molecule has 0 saturated carbocycles. The van der Waals surface area contributed by atoms with E-state index in [9.17, 15) is 14.7 Å². The Kier molecular flexibility index (Phi) is 4.91. The molecule has 0 atom stereocenters. The maximum atomic E-state index is 11.9. The summed E-state index contributed by atoms with van der Waals surface area (Å²) >= 11 is 0. The third-order valence-electron chi connectivity index (χ3n) is 3.16. The minimum Gasteiger partial charge on any atom is -0.507 e. The van der Waals surface area contributed by atoms with Gasteiger partial charge in [0, 0.05) is 5.56 Å². The van der Waals surface area contributed by atoms with E-state index in [2.05, 4.69) is 0 Å². The van der Waals surface area contributed by atoms with Crippen molar-refractivity contribution >= 4 is 11.8 Å². The fraction of sp³-hybridized carbons (Fsp3) is 0.176. The Balaban J connectivity index is 2.00. The van der Waals surface area contributed by atoms with Gasteiger partial charge < -0.3 is 14.9 Å². The average Bonchev–Trinajstić information content (AvgIpc) is 2.54. The van der Waals surface area contributed by atoms with Crippen molar-refractivity contribution in [1.29, 1.82) is 0 Å². The van der Waals surface area contributed by atoms with Crippen LogP contribution >= 0.6 is 0 Å². The van der Waals surface area contributed by atoms with Gasteiger partial charge in [-0.15, -0.1) is 0 Å². The number of ketones is 1. The Hall–Kier alpha value is -2.66. The van der Waals surface area contributed by atoms with Gasteiger partial charge in [-0.05, 0) is 24.6 Å². The Morgan fingerprint density at radius 2 is 1.77 bits per heavy atom. The lowest BCUT2D eigenvalue weighted by atomic mass is 10.1. The summed E-state index contributed by atoms with van der Waals surface area (Å²) in [4.78, 5) is 23.8. The van der Waals surface area contributed by atoms with E-state index in [0.717, 1.165) is 5.56 Å². The van der Waals surface area contributed by atoms with Crippen LogP contribution in [0.4, 0.5) is 0 Å². The van der Waals surface area contributed by atoms with Crippen molar-refractivity contribution in [2.75, 3.05) is 6.61 Å². The summed E-state index contributed by atoms with van der Waals surface area (Å²) in [5.74, 6) is -1.29. The van der Waals surface area contributed by atoms with E-state index in [-0.39, 0.29) is 23.7 Å². The van der Waals surface area contributed by atoms with Gasteiger partial charge in [-0.1, -0.05) is 35.9 Å². The normalized spacial score (nSPS) is 10.3. The van der Waals surface area contributed by atoms with Crippen LogP contribution in [0, 0.1) is 6.92 Å². The SMILES string of the molecule is Cc1ccc(O)c(C(=O)OCC(=O)c2ccc(CO)cc2)c1. The molecule has 0 unspecified atom stereocenters. The van der Waals surface area contributed by atoms with Gasteiger partial charge in [-0.3, -0.25) is 4.79 Å². The molecule has 0 aliphatic rings. The van der Waals surface area contributed by atoms with E-state index in [1.807, 2.05) is 0 Å². The molecule has 0 spiro atoms. The van der Waals surface area contributed by atoms with Crippen LogP contribution in [-0.2, 0) is 11.3 Å². The molecule has 2 N–H and O–H groups in total. The third-order valence-corrected chi connectivity index (χ3v) is 3.16. The molecule has 0 aliphatic heterocycles. The summed E-state index contributed by atoms with van der Waals surface area (Å²) in [5, 5.41) is 18.6. The summed E-state index contributed by atoms with van der Waals surface area (Å²) in [6, 6.07) is 10.9. The van der Waals surface area contributed by atoms with Crippen molar-refractivity contribution in [3.8, 4) is 5.75 Å². The Labute approximate surface area is 127 Å². The van der Waals surface area contributed by atoms with Crippen molar-refractivity contribution in [1.82, 2.24) is 0 Å². The van der Waals surface area contributed by atoms with E-state index < -0.39 is 12.6 Å². The van der Waals surface area contributed by atoms with E-state index in [0.29, 0.717) is 11.1 Å². The molecule has 114 valence electrons. The first-order chi connectivity index (χ1) is 10.5. The number of hydrogen-bond donors (Lipinski definition) is 2. The first-order valence-corrected chi connectivity index (χ1v) is 6.71. The van der Waals surface area contributed by atoms with Crippen LogP contribution in [0.1, 0.15) is 31.8 Å². The number of aliphatic hydroxyl groups is 1. The number of Topliss-reactive ketones (excluding diaryl/α,β-unsaturated/α-hetero) is 1. The van der Waals surface area contributed by atoms with Gasteiger partial charge in [0.1, 0.15) is 11.3 Å². The molecule has 0 radical (unpaired) electrons. The van der Waals surface area contributed by atoms with E-state index in [1.54, 1.807) is 37.3 Å². The number of phenolic OH excluding ortho intramolecular Hbond substituents is 1. The summed E-state index contributed by atoms with van der Waals surface area (Å²) in [6.07, 6.45) is 0. The first-order valence-electron chi connectivity index (χ1n) is 6.71. The number of carbonyl (C=O) groups is 2. The van der Waals surface area contributed by atoms with Crippen LogP contribution in [0.15, 0.2) is 42.5 Å². The Bertz CT molecular complexity index is 689. The number of rotatable bonds is 5. The molecule has 22 heavy (non-hydrogen) atoms. The molecule has 5 heteroatoms. The van der Waals surface area contributed by atoms with E-state index in [4.69, 9.17) is 9.84 Å². The Morgan fingerprint density at radius 3 is 2.41 bits per heavy atom. The maximum absolute atomic E-state index is 11.9. The molecule has 0 aliphatic carbocycles. The van der Waals surface area contributed by atoms with Crippen molar-refractivity contribution in [2.45, 2.75) is 13.5 Å². The first kappa shape index (κ1) is 15.7. The van der Waals surface area contributed by atoms with Crippen LogP contribution in [0.5, 0.6) is 5.75 Å². The predicted octanol–water partition coefficient (Wildman–Crippen LogP) is 2.23. The smallest absolute Gasteiger partial charge is 0.342 e. The number of aliphatic hydroxyl groups excluding tert-OH is 1. The predicted molar refractivity (Wildman–Crippen MR) is 79.8 cm³/mol. The van der Waals surface area contributed by atoms with Gasteiger partial charge in [-0.25, -0.2) is 4.79 Å². The fourth-order valence-corrected chi connectivity index (χ4v) is 1.90. The van der Waals surface area contributed by atoms with Crippen LogP contribution in [0.2, 0.25) is 0 Å². The summed E-state index contributed by atoms with van der Waals surface area (Å²) in [5.41, 5.74) is 1.91. The molecule has 0 fully saturated rings. The molecule has 0 amide bonds. The van der Waals surface area contributed by atoms with Gasteiger partial charge in [0.05, 0.1) is 6.61 Å². The van der Waals surface area contributed by atoms with Gasteiger partial charge >= 0.3 is 5.97 Å². The highest BCUT2D eigenvalue weighted by atomic mass is 16.5. The summed E-state index contributed by atoms with van der Waals surface area (Å²) in [6.45, 7) is 1.27. The number of carbonyl (C=O) groups excluding carboxylic acids is 2. The lowest BCUT2D eigenvalue weighted by molar-refractivity contribution is 0.0471. The zero-order chi connectivity index (χ0) is 16.1. The minimum absolute atomic E-state index is 0.0310. The van der Waals surface area contributed by atoms with Crippen molar-refractivity contribution < 1.29 is 24.5 Å². The Morgan fingerprint density at radius 1 is 1.09 bits per heavy atom. The zero-order valence-corrected chi connectivity index (χ0v) is 12.1. The molecule has 2 aromatic rings. The molecule has 0 heterocycles. The second-order valence-corrected chi connectivity index (χ2v) is 4.87. The van der Waals surface area contributed by atoms with Crippen LogP contribution < -0.4 is 0 Å². The number of esters is 1. The number of ether oxygens (including phenoxy) is 1. The molecule has 2 aromatic carbocycles. The molecule has 2 rings (SSSR count). The average molecular weight is 300 g/mol. The number of benzene rings is 2. The lowest BCUT2D eigenvalue weighted by Gasteiger charge is -2.07. The van der Waals surface area contributed by atoms with Gasteiger partial charge in [0.2, 0.25) is 0 Å². The molecule has 0 bridgehead atoms. The second-order valence-electron chi connectivity index (χ2n) is 4.87. The van der Waals surface area contributed by atoms with E-state index in [1.165, 1.54) is 12.1 Å². The quantitative estimate of drug-likeness (QED) is 0.653. The lowest BCUT2D eigenvalue weighted by Crippen LogP contribution is -2.14. The highest BCUT2D eigenvalue weighted by Crippen LogP contribution is 2.19. The fourth-order valence-electron chi connectivity index (χ4n) is 1.90. The van der Waals surface area contributed by atoms with Crippen molar-refractivity contribution in [2.24, 2.45) is 0 Å². The topological polar surface area (TPSA) is 83.8 Å². The van der Waals surface area contributed by atoms with Crippen molar-refractivity contribution in [3.05, 3.63) is 64.7 Å². The third kappa shape index (κ3) is 3.71. The number of hydrogen-bond acceptors (Lipinski definition) is 5. The highest BCUT2D eigenvalue weighted by Gasteiger charge is 2.15. The summed E-state index contributed by atoms with van der Waals surface area (Å²) < 4.78 is 4.94. The molecule has 0 saturated heterocycles. The number of phenols is 1. The zero-order valence-electron chi connectivity index (χ0n) is 12.1. The summed E-state index contributed by atoms with van der Waals surface area (Å²) in [7, 11) is 0. The van der Waals surface area contributed by atoms with Crippen LogP contribution in [0.3, 0.4) is 0 Å². The van der Waals surface area contributed by atoms with Crippen LogP contribution in [-0.4, -0.2) is 28.6 Å². The second kappa shape index (κ2) is 6.87. The van der Waals surface area contributed by atoms with Crippen LogP contribution in [0.25, 0.3) is 0 Å². The van der Waals surface area contributed by atoms with Gasteiger partial charge in [0.25, 0.3) is 0 Å². The molecular formula is C17H16O5. The van der Waals surface area contributed by atoms with Crippen molar-refractivity contribution in [3.63, 3.8) is 0 Å². The highest BCUT2D eigenvalue weighted by molar-refractivity contribution is 6.00. The molecule has 5 nitrogen and oxygen atoms in total. The monoisotopic (exact) mass is 300 g/mol. The molecule has 0 aromatic heterocycles. The molecular weight excluding hydrogens is 284 g/mol. The minimum atomic E-state index is -0.749. The maximum Gasteiger partial charge on any atom is 0.342 e. The number of aromatic hydroxyl groups is 1. The van der Waals surface area contributed by atoms with E-state index >= 15 is 0 Å². The number of aryl methyl sites for hydroxylation is 1. The largest absolute Gasteiger partial charge is 0.507 e. The van der Waals surface area contributed by atoms with Gasteiger partial charge in [0.15, 0.2) is 12.4 Å².